The predicted octanol–water partition coefficient (Wildman–Crippen LogP) is 2.57. The smallest absolute Gasteiger partial charge is 0.184 e. The van der Waals surface area contributed by atoms with Crippen LogP contribution in [0.1, 0.15) is 5.56 Å². The van der Waals surface area contributed by atoms with Crippen LogP contribution < -0.4 is 4.90 Å². The van der Waals surface area contributed by atoms with E-state index in [1.807, 2.05) is 31.3 Å². The molecule has 0 heterocycles. The Balaban J connectivity index is 3.18. The quantitative estimate of drug-likeness (QED) is 0.491. The van der Waals surface area contributed by atoms with Crippen LogP contribution in [0.25, 0.3) is 0 Å². The van der Waals surface area contributed by atoms with Gasteiger partial charge in [0, 0.05) is 12.1 Å². The van der Waals surface area contributed by atoms with E-state index in [1.54, 1.807) is 7.05 Å². The first-order valence-corrected chi connectivity index (χ1v) is 3.93. The molecule has 0 amide bonds. The summed E-state index contributed by atoms with van der Waals surface area (Å²) in [5.41, 5.74) is 1.79. The molecule has 0 radical (unpaired) electrons. The Labute approximate surface area is 77.0 Å². The van der Waals surface area contributed by atoms with Gasteiger partial charge in [-0.1, -0.05) is 17.7 Å². The Kier molecular flexibility index (Phi) is 2.57. The highest BCUT2D eigenvalue weighted by Crippen LogP contribution is 2.24. The van der Waals surface area contributed by atoms with Crippen LogP contribution in [-0.2, 0) is 0 Å². The van der Waals surface area contributed by atoms with E-state index in [4.69, 9.17) is 16.9 Å². The van der Waals surface area contributed by atoms with Crippen LogP contribution in [0.15, 0.2) is 18.2 Å². The van der Waals surface area contributed by atoms with Crippen LogP contribution in [0.2, 0.25) is 5.02 Å². The maximum Gasteiger partial charge on any atom is 0.184 e. The van der Waals surface area contributed by atoms with E-state index >= 15 is 0 Å². The molecule has 0 bridgehead atoms. The van der Waals surface area contributed by atoms with Gasteiger partial charge in [0.05, 0.1) is 5.69 Å². The average molecular weight is 181 g/mol. The van der Waals surface area contributed by atoms with Gasteiger partial charge in [0.25, 0.3) is 0 Å². The third-order valence-electron chi connectivity index (χ3n) is 1.75. The molecule has 0 aromatic heterocycles. The summed E-state index contributed by atoms with van der Waals surface area (Å²) in [7, 11) is 1.71. The number of anilines is 1. The molecule has 3 heteroatoms. The standard InChI is InChI=1S/C9H9ClN2/c1-7-8(10)4-3-5-9(7)12(2)6-11/h3-5H,1-2H3. The van der Waals surface area contributed by atoms with Gasteiger partial charge in [-0.05, 0) is 24.6 Å². The minimum Gasteiger partial charge on any atom is -0.282 e. The van der Waals surface area contributed by atoms with Gasteiger partial charge in [0.2, 0.25) is 0 Å². The summed E-state index contributed by atoms with van der Waals surface area (Å²) in [6.45, 7) is 1.89. The molecule has 0 atom stereocenters. The zero-order valence-electron chi connectivity index (χ0n) is 7.00. The van der Waals surface area contributed by atoms with E-state index in [1.165, 1.54) is 4.90 Å². The van der Waals surface area contributed by atoms with Crippen LogP contribution in [0.3, 0.4) is 0 Å². The second-order valence-corrected chi connectivity index (χ2v) is 2.95. The normalized spacial score (nSPS) is 9.17. The number of nitriles is 1. The highest BCUT2D eigenvalue weighted by atomic mass is 35.5. The van der Waals surface area contributed by atoms with Crippen molar-refractivity contribution in [3.8, 4) is 6.19 Å². The molecule has 0 aliphatic carbocycles. The number of halogens is 1. The van der Waals surface area contributed by atoms with E-state index in [-0.39, 0.29) is 0 Å². The SMILES string of the molecule is Cc1c(Cl)cccc1N(C)C#N. The summed E-state index contributed by atoms with van der Waals surface area (Å²) in [4.78, 5) is 1.49. The highest BCUT2D eigenvalue weighted by molar-refractivity contribution is 6.31. The van der Waals surface area contributed by atoms with Crippen LogP contribution in [0.5, 0.6) is 0 Å². The monoisotopic (exact) mass is 180 g/mol. The predicted molar refractivity (Wildman–Crippen MR) is 50.2 cm³/mol. The van der Waals surface area contributed by atoms with Gasteiger partial charge >= 0.3 is 0 Å². The van der Waals surface area contributed by atoms with Crippen LogP contribution in [-0.4, -0.2) is 7.05 Å². The molecule has 2 nitrogen and oxygen atoms in total. The fourth-order valence-corrected chi connectivity index (χ4v) is 1.18. The Hall–Kier alpha value is -1.20. The molecule has 1 rings (SSSR count). The number of rotatable bonds is 1. The highest BCUT2D eigenvalue weighted by Gasteiger charge is 2.04. The van der Waals surface area contributed by atoms with Crippen molar-refractivity contribution in [2.24, 2.45) is 0 Å². The molecular weight excluding hydrogens is 172 g/mol. The maximum absolute atomic E-state index is 8.64. The van der Waals surface area contributed by atoms with Crippen molar-refractivity contribution in [2.45, 2.75) is 6.92 Å². The Bertz CT molecular complexity index is 328. The number of benzene rings is 1. The lowest BCUT2D eigenvalue weighted by Gasteiger charge is -2.12. The van der Waals surface area contributed by atoms with Crippen LogP contribution in [0.4, 0.5) is 5.69 Å². The summed E-state index contributed by atoms with van der Waals surface area (Å²) in [6.07, 6.45) is 2.02. The Morgan fingerprint density at radius 1 is 1.50 bits per heavy atom. The number of nitrogens with zero attached hydrogens (tertiary/aromatic N) is 2. The molecule has 0 aliphatic rings. The molecule has 1 aromatic carbocycles. The fraction of sp³-hybridized carbons (Fsp3) is 0.222. The maximum atomic E-state index is 8.64. The molecule has 1 aromatic rings. The van der Waals surface area contributed by atoms with E-state index in [0.29, 0.717) is 5.02 Å². The van der Waals surface area contributed by atoms with Gasteiger partial charge in [-0.25, -0.2) is 0 Å². The van der Waals surface area contributed by atoms with Crippen molar-refractivity contribution < 1.29 is 0 Å². The van der Waals surface area contributed by atoms with E-state index in [2.05, 4.69) is 0 Å². The van der Waals surface area contributed by atoms with E-state index < -0.39 is 0 Å². The molecular formula is C9H9ClN2. The molecule has 0 N–H and O–H groups in total. The van der Waals surface area contributed by atoms with Gasteiger partial charge in [0.1, 0.15) is 0 Å². The lowest BCUT2D eigenvalue weighted by molar-refractivity contribution is 1.18. The van der Waals surface area contributed by atoms with E-state index in [0.717, 1.165) is 11.3 Å². The van der Waals surface area contributed by atoms with Crippen molar-refractivity contribution in [1.29, 1.82) is 5.26 Å². The van der Waals surface area contributed by atoms with Crippen molar-refractivity contribution in [1.82, 2.24) is 0 Å². The lowest BCUT2D eigenvalue weighted by atomic mass is 10.2. The van der Waals surface area contributed by atoms with Gasteiger partial charge in [-0.2, -0.15) is 5.26 Å². The van der Waals surface area contributed by atoms with Gasteiger partial charge < -0.3 is 0 Å². The molecule has 62 valence electrons. The van der Waals surface area contributed by atoms with Gasteiger partial charge in [-0.3, -0.25) is 4.90 Å². The largest absolute Gasteiger partial charge is 0.282 e. The molecule has 0 saturated heterocycles. The van der Waals surface area contributed by atoms with Gasteiger partial charge in [0.15, 0.2) is 6.19 Å². The van der Waals surface area contributed by atoms with Crippen LogP contribution in [0, 0.1) is 18.4 Å². The summed E-state index contributed by atoms with van der Waals surface area (Å²) in [6, 6.07) is 5.51. The third-order valence-corrected chi connectivity index (χ3v) is 2.16. The number of hydrogen-bond acceptors (Lipinski definition) is 2. The minimum atomic E-state index is 0.689. The first kappa shape index (κ1) is 8.89. The van der Waals surface area contributed by atoms with Crippen molar-refractivity contribution in [3.63, 3.8) is 0 Å². The molecule has 0 aliphatic heterocycles. The molecule has 0 spiro atoms. The summed E-state index contributed by atoms with van der Waals surface area (Å²) < 4.78 is 0. The summed E-state index contributed by atoms with van der Waals surface area (Å²) in [5, 5.41) is 9.33. The Morgan fingerprint density at radius 3 is 2.75 bits per heavy atom. The first-order chi connectivity index (χ1) is 5.66. The zero-order chi connectivity index (χ0) is 9.14. The van der Waals surface area contributed by atoms with Crippen molar-refractivity contribution >= 4 is 17.3 Å². The average Bonchev–Trinajstić information content (AvgIpc) is 2.08. The molecule has 0 unspecified atom stereocenters. The number of hydrogen-bond donors (Lipinski definition) is 0. The van der Waals surface area contributed by atoms with Crippen molar-refractivity contribution in [3.05, 3.63) is 28.8 Å². The Morgan fingerprint density at radius 2 is 2.17 bits per heavy atom. The first-order valence-electron chi connectivity index (χ1n) is 3.55. The van der Waals surface area contributed by atoms with Gasteiger partial charge in [-0.15, -0.1) is 0 Å². The van der Waals surface area contributed by atoms with Crippen molar-refractivity contribution in [2.75, 3.05) is 11.9 Å². The topological polar surface area (TPSA) is 27.0 Å². The lowest BCUT2D eigenvalue weighted by Crippen LogP contribution is -2.09. The second kappa shape index (κ2) is 3.46. The third kappa shape index (κ3) is 1.51. The molecule has 0 saturated carbocycles. The molecule has 12 heavy (non-hydrogen) atoms. The zero-order valence-corrected chi connectivity index (χ0v) is 7.76. The van der Waals surface area contributed by atoms with Crippen LogP contribution >= 0.6 is 11.6 Å². The molecule has 0 fully saturated rings. The second-order valence-electron chi connectivity index (χ2n) is 2.54. The minimum absolute atomic E-state index is 0.689. The summed E-state index contributed by atoms with van der Waals surface area (Å²) >= 11 is 5.88. The summed E-state index contributed by atoms with van der Waals surface area (Å²) in [5.74, 6) is 0. The fourth-order valence-electron chi connectivity index (χ4n) is 1.01. The van der Waals surface area contributed by atoms with E-state index in [9.17, 15) is 0 Å².